The molecule has 1 saturated carbocycles. The Morgan fingerprint density at radius 3 is 2.65 bits per heavy atom. The quantitative estimate of drug-likeness (QED) is 0.906. The smallest absolute Gasteiger partial charge is 0.245 e. The third-order valence-electron chi connectivity index (χ3n) is 3.99. The molecule has 1 atom stereocenters. The Bertz CT molecular complexity index is 493. The van der Waals surface area contributed by atoms with Crippen molar-refractivity contribution in [1.82, 2.24) is 4.90 Å². The Labute approximate surface area is 117 Å². The number of benzene rings is 1. The second kappa shape index (κ2) is 5.14. The van der Waals surface area contributed by atoms with Crippen LogP contribution in [0, 0.1) is 5.82 Å². The van der Waals surface area contributed by atoms with E-state index in [4.69, 9.17) is 10.5 Å². The van der Waals surface area contributed by atoms with E-state index in [9.17, 15) is 9.18 Å². The predicted molar refractivity (Wildman–Crippen MR) is 72.3 cm³/mol. The van der Waals surface area contributed by atoms with Gasteiger partial charge in [-0.2, -0.15) is 0 Å². The van der Waals surface area contributed by atoms with Crippen LogP contribution in [0.2, 0.25) is 0 Å². The van der Waals surface area contributed by atoms with Gasteiger partial charge in [0.15, 0.2) is 0 Å². The van der Waals surface area contributed by atoms with Crippen molar-refractivity contribution < 1.29 is 13.9 Å². The number of rotatable bonds is 4. The van der Waals surface area contributed by atoms with Crippen molar-refractivity contribution in [2.75, 3.05) is 13.2 Å². The maximum absolute atomic E-state index is 12.9. The highest BCUT2D eigenvalue weighted by Gasteiger charge is 2.45. The van der Waals surface area contributed by atoms with Gasteiger partial charge in [0.2, 0.25) is 5.91 Å². The van der Waals surface area contributed by atoms with E-state index in [1.807, 2.05) is 4.90 Å². The highest BCUT2D eigenvalue weighted by Crippen LogP contribution is 2.31. The highest BCUT2D eigenvalue weighted by molar-refractivity contribution is 5.87. The van der Waals surface area contributed by atoms with Gasteiger partial charge in [0, 0.05) is 19.2 Å². The first kappa shape index (κ1) is 13.5. The molecule has 0 aromatic heterocycles. The topological polar surface area (TPSA) is 55.6 Å². The molecule has 1 unspecified atom stereocenters. The van der Waals surface area contributed by atoms with Crippen molar-refractivity contribution in [1.29, 1.82) is 0 Å². The minimum atomic E-state index is -0.886. The van der Waals surface area contributed by atoms with E-state index < -0.39 is 5.54 Å². The fourth-order valence-corrected chi connectivity index (χ4v) is 2.57. The summed E-state index contributed by atoms with van der Waals surface area (Å²) in [6, 6.07) is 6.54. The highest BCUT2D eigenvalue weighted by atomic mass is 19.1. The van der Waals surface area contributed by atoms with Crippen LogP contribution < -0.4 is 5.73 Å². The average Bonchev–Trinajstić information content (AvgIpc) is 3.19. The largest absolute Gasteiger partial charge is 0.379 e. The summed E-state index contributed by atoms with van der Waals surface area (Å²) in [7, 11) is 0. The van der Waals surface area contributed by atoms with Crippen LogP contribution in [0.4, 0.5) is 4.39 Å². The van der Waals surface area contributed by atoms with E-state index >= 15 is 0 Å². The van der Waals surface area contributed by atoms with Crippen molar-refractivity contribution in [3.05, 3.63) is 35.6 Å². The van der Waals surface area contributed by atoms with Crippen LogP contribution >= 0.6 is 0 Å². The molecular formula is C15H19FN2O2. The Kier molecular flexibility index (Phi) is 3.48. The van der Waals surface area contributed by atoms with Crippen LogP contribution in [0.15, 0.2) is 24.3 Å². The normalized spacial score (nSPS) is 25.7. The second-order valence-corrected chi connectivity index (χ2v) is 5.75. The van der Waals surface area contributed by atoms with Crippen molar-refractivity contribution in [3.8, 4) is 0 Å². The molecule has 20 heavy (non-hydrogen) atoms. The zero-order valence-electron chi connectivity index (χ0n) is 11.3. The summed E-state index contributed by atoms with van der Waals surface area (Å²) < 4.78 is 18.2. The van der Waals surface area contributed by atoms with Gasteiger partial charge in [0.1, 0.15) is 11.4 Å². The number of nitrogens with zero attached hydrogens (tertiary/aromatic N) is 1. The first-order valence-electron chi connectivity index (χ1n) is 7.01. The molecule has 2 N–H and O–H groups in total. The van der Waals surface area contributed by atoms with Crippen molar-refractivity contribution in [2.24, 2.45) is 5.73 Å². The van der Waals surface area contributed by atoms with Gasteiger partial charge in [-0.1, -0.05) is 12.1 Å². The van der Waals surface area contributed by atoms with Crippen LogP contribution in [-0.4, -0.2) is 35.6 Å². The molecule has 0 spiro atoms. The number of hydrogen-bond acceptors (Lipinski definition) is 3. The van der Waals surface area contributed by atoms with Crippen molar-refractivity contribution >= 4 is 5.91 Å². The fraction of sp³-hybridized carbons (Fsp3) is 0.533. The monoisotopic (exact) mass is 278 g/mol. The zero-order valence-corrected chi connectivity index (χ0v) is 11.3. The van der Waals surface area contributed by atoms with E-state index in [1.54, 1.807) is 12.1 Å². The summed E-state index contributed by atoms with van der Waals surface area (Å²) in [5.74, 6) is -0.306. The molecule has 1 saturated heterocycles. The summed E-state index contributed by atoms with van der Waals surface area (Å²) in [5, 5.41) is 0. The van der Waals surface area contributed by atoms with Gasteiger partial charge in [-0.25, -0.2) is 4.39 Å². The molecule has 0 radical (unpaired) electrons. The molecule has 108 valence electrons. The van der Waals surface area contributed by atoms with Crippen LogP contribution in [-0.2, 0) is 16.1 Å². The fourth-order valence-electron chi connectivity index (χ4n) is 2.57. The maximum Gasteiger partial charge on any atom is 0.245 e. The van der Waals surface area contributed by atoms with Gasteiger partial charge < -0.3 is 15.4 Å². The Hall–Kier alpha value is -1.46. The summed E-state index contributed by atoms with van der Waals surface area (Å²) >= 11 is 0. The Balaban J connectivity index is 1.75. The molecular weight excluding hydrogens is 259 g/mol. The van der Waals surface area contributed by atoms with E-state index in [2.05, 4.69) is 0 Å². The van der Waals surface area contributed by atoms with Crippen LogP contribution in [0.1, 0.15) is 24.8 Å². The standard InChI is InChI=1S/C15H19FN2O2/c16-12-3-1-11(2-4-12)9-18(13-5-6-13)14(19)15(17)7-8-20-10-15/h1-4,13H,5-10,17H2. The van der Waals surface area contributed by atoms with E-state index in [0.29, 0.717) is 26.2 Å². The predicted octanol–water partition coefficient (Wildman–Crippen LogP) is 1.43. The van der Waals surface area contributed by atoms with E-state index in [-0.39, 0.29) is 17.8 Å². The number of nitrogens with two attached hydrogens (primary N) is 1. The summed E-state index contributed by atoms with van der Waals surface area (Å²) in [4.78, 5) is 14.5. The molecule has 1 aliphatic heterocycles. The molecule has 3 rings (SSSR count). The summed E-state index contributed by atoms with van der Waals surface area (Å²) in [5.41, 5.74) is 6.21. The summed E-state index contributed by atoms with van der Waals surface area (Å²) in [6.07, 6.45) is 2.60. The Morgan fingerprint density at radius 2 is 2.10 bits per heavy atom. The second-order valence-electron chi connectivity index (χ2n) is 5.75. The first-order chi connectivity index (χ1) is 9.58. The van der Waals surface area contributed by atoms with Gasteiger partial charge in [0.05, 0.1) is 6.61 Å². The first-order valence-corrected chi connectivity index (χ1v) is 7.01. The number of ether oxygens (including phenoxy) is 1. The SMILES string of the molecule is NC1(C(=O)N(Cc2ccc(F)cc2)C2CC2)CCOC1. The number of halogens is 1. The molecule has 1 aromatic rings. The lowest BCUT2D eigenvalue weighted by Crippen LogP contribution is -2.56. The van der Waals surface area contributed by atoms with Gasteiger partial charge in [0.25, 0.3) is 0 Å². The molecule has 1 amide bonds. The summed E-state index contributed by atoms with van der Waals surface area (Å²) in [6.45, 7) is 1.32. The molecule has 1 aliphatic carbocycles. The van der Waals surface area contributed by atoms with Gasteiger partial charge in [-0.05, 0) is 37.0 Å². The molecule has 1 heterocycles. The average molecular weight is 278 g/mol. The third-order valence-corrected chi connectivity index (χ3v) is 3.99. The van der Waals surface area contributed by atoms with Crippen LogP contribution in [0.5, 0.6) is 0 Å². The van der Waals surface area contributed by atoms with Crippen LogP contribution in [0.3, 0.4) is 0 Å². The zero-order chi connectivity index (χ0) is 14.2. The van der Waals surface area contributed by atoms with Crippen molar-refractivity contribution in [3.63, 3.8) is 0 Å². The number of carbonyl (C=O) groups is 1. The lowest BCUT2D eigenvalue weighted by molar-refractivity contribution is -0.138. The number of amides is 1. The van der Waals surface area contributed by atoms with Crippen molar-refractivity contribution in [2.45, 2.75) is 37.4 Å². The van der Waals surface area contributed by atoms with E-state index in [1.165, 1.54) is 12.1 Å². The minimum absolute atomic E-state index is 0.0400. The molecule has 1 aromatic carbocycles. The molecule has 0 bridgehead atoms. The lowest BCUT2D eigenvalue weighted by Gasteiger charge is -2.31. The Morgan fingerprint density at radius 1 is 1.40 bits per heavy atom. The number of carbonyl (C=O) groups excluding carboxylic acids is 1. The van der Waals surface area contributed by atoms with Gasteiger partial charge in [-0.15, -0.1) is 0 Å². The molecule has 5 heteroatoms. The molecule has 2 aliphatic rings. The number of hydrogen-bond donors (Lipinski definition) is 1. The van der Waals surface area contributed by atoms with Gasteiger partial charge >= 0.3 is 0 Å². The third kappa shape index (κ3) is 2.69. The lowest BCUT2D eigenvalue weighted by atomic mass is 9.97. The van der Waals surface area contributed by atoms with E-state index in [0.717, 1.165) is 18.4 Å². The molecule has 4 nitrogen and oxygen atoms in total. The van der Waals surface area contributed by atoms with Crippen LogP contribution in [0.25, 0.3) is 0 Å². The van der Waals surface area contributed by atoms with Gasteiger partial charge in [-0.3, -0.25) is 4.79 Å². The molecule has 2 fully saturated rings. The minimum Gasteiger partial charge on any atom is -0.379 e. The maximum atomic E-state index is 12.9.